The molecule has 0 radical (unpaired) electrons. The predicted octanol–water partition coefficient (Wildman–Crippen LogP) is 1.76. The first-order valence-corrected chi connectivity index (χ1v) is 4.16. The fourth-order valence-electron chi connectivity index (χ4n) is 1.10. The number of benzene rings is 1. The van der Waals surface area contributed by atoms with Crippen molar-refractivity contribution in [2.24, 2.45) is 0 Å². The van der Waals surface area contributed by atoms with Gasteiger partial charge >= 0.3 is 6.09 Å². The summed E-state index contributed by atoms with van der Waals surface area (Å²) in [4.78, 5) is 22.7. The Balaban J connectivity index is 2.89. The molecule has 0 spiro atoms. The largest absolute Gasteiger partial charge is 0.465 e. The van der Waals surface area contributed by atoms with Gasteiger partial charge in [-0.1, -0.05) is 18.2 Å². The first-order chi connectivity index (χ1) is 6.61. The lowest BCUT2D eigenvalue weighted by molar-refractivity contribution is -0.115. The van der Waals surface area contributed by atoms with Crippen LogP contribution in [-0.2, 0) is 4.79 Å². The molecule has 0 saturated heterocycles. The van der Waals surface area contributed by atoms with Gasteiger partial charge in [0.05, 0.1) is 6.54 Å². The molecule has 0 atom stereocenters. The van der Waals surface area contributed by atoms with Gasteiger partial charge in [0.15, 0.2) is 0 Å². The second-order valence-corrected chi connectivity index (χ2v) is 2.91. The maximum Gasteiger partial charge on any atom is 0.412 e. The number of ketones is 1. The number of Topliss-reactive ketones (excluding diaryl/α,β-unsaturated/α-hetero) is 1. The van der Waals surface area contributed by atoms with E-state index in [0.717, 1.165) is 4.90 Å². The van der Waals surface area contributed by atoms with Gasteiger partial charge in [-0.3, -0.25) is 9.69 Å². The lowest BCUT2D eigenvalue weighted by Gasteiger charge is -2.17. The Morgan fingerprint density at radius 1 is 1.29 bits per heavy atom. The minimum absolute atomic E-state index is 0.112. The fourth-order valence-corrected chi connectivity index (χ4v) is 1.10. The normalized spacial score (nSPS) is 9.50. The molecule has 0 saturated carbocycles. The van der Waals surface area contributed by atoms with E-state index in [9.17, 15) is 9.59 Å². The third-order valence-electron chi connectivity index (χ3n) is 1.68. The molecule has 1 rings (SSSR count). The van der Waals surface area contributed by atoms with Crippen LogP contribution < -0.4 is 4.90 Å². The highest BCUT2D eigenvalue weighted by atomic mass is 16.4. The van der Waals surface area contributed by atoms with Crippen molar-refractivity contribution in [1.82, 2.24) is 0 Å². The van der Waals surface area contributed by atoms with Gasteiger partial charge in [-0.15, -0.1) is 0 Å². The highest BCUT2D eigenvalue weighted by Crippen LogP contribution is 2.12. The van der Waals surface area contributed by atoms with Gasteiger partial charge in [0.2, 0.25) is 0 Å². The van der Waals surface area contributed by atoms with Gasteiger partial charge in [0.1, 0.15) is 5.78 Å². The van der Waals surface area contributed by atoms with E-state index in [1.165, 1.54) is 6.92 Å². The van der Waals surface area contributed by atoms with Crippen LogP contribution in [0.1, 0.15) is 6.92 Å². The van der Waals surface area contributed by atoms with Gasteiger partial charge in [0.25, 0.3) is 0 Å². The Morgan fingerprint density at radius 3 is 2.29 bits per heavy atom. The van der Waals surface area contributed by atoms with E-state index < -0.39 is 6.09 Å². The first-order valence-electron chi connectivity index (χ1n) is 4.16. The molecule has 14 heavy (non-hydrogen) atoms. The summed E-state index contributed by atoms with van der Waals surface area (Å²) in [5.74, 6) is -0.184. The molecule has 0 aromatic heterocycles. The van der Waals surface area contributed by atoms with Crippen molar-refractivity contribution in [3.63, 3.8) is 0 Å². The molecule has 0 bridgehead atoms. The summed E-state index contributed by atoms with van der Waals surface area (Å²) in [6, 6.07) is 8.54. The monoisotopic (exact) mass is 193 g/mol. The number of hydrogen-bond acceptors (Lipinski definition) is 2. The van der Waals surface area contributed by atoms with E-state index >= 15 is 0 Å². The van der Waals surface area contributed by atoms with Gasteiger partial charge in [-0.2, -0.15) is 0 Å². The van der Waals surface area contributed by atoms with Crippen LogP contribution in [0.4, 0.5) is 10.5 Å². The zero-order chi connectivity index (χ0) is 10.6. The summed E-state index contributed by atoms with van der Waals surface area (Å²) in [5.41, 5.74) is 0.509. The van der Waals surface area contributed by atoms with E-state index in [1.807, 2.05) is 0 Å². The van der Waals surface area contributed by atoms with E-state index in [0.29, 0.717) is 5.69 Å². The zero-order valence-electron chi connectivity index (χ0n) is 7.80. The molecule has 1 aromatic carbocycles. The Morgan fingerprint density at radius 2 is 1.86 bits per heavy atom. The molecular formula is C10H11NO3. The van der Waals surface area contributed by atoms with Crippen LogP contribution in [-0.4, -0.2) is 23.5 Å². The van der Waals surface area contributed by atoms with Crippen molar-refractivity contribution in [3.8, 4) is 0 Å². The summed E-state index contributed by atoms with van der Waals surface area (Å²) in [5, 5.41) is 8.85. The van der Waals surface area contributed by atoms with Crippen LogP contribution in [0.15, 0.2) is 30.3 Å². The Kier molecular flexibility index (Phi) is 3.23. The summed E-state index contributed by atoms with van der Waals surface area (Å²) in [6.45, 7) is 1.25. The maximum atomic E-state index is 10.8. The quantitative estimate of drug-likeness (QED) is 0.795. The minimum Gasteiger partial charge on any atom is -0.465 e. The standard InChI is InChI=1S/C10H11NO3/c1-8(12)7-11(10(13)14)9-5-3-2-4-6-9/h2-6H,7H2,1H3,(H,13,14). The third kappa shape index (κ3) is 2.58. The number of anilines is 1. The fraction of sp³-hybridized carbons (Fsp3) is 0.200. The van der Waals surface area contributed by atoms with Gasteiger partial charge < -0.3 is 5.11 Å². The van der Waals surface area contributed by atoms with Crippen molar-refractivity contribution >= 4 is 17.6 Å². The van der Waals surface area contributed by atoms with Crippen LogP contribution in [0.25, 0.3) is 0 Å². The molecule has 1 aromatic rings. The molecule has 4 nitrogen and oxygen atoms in total. The summed E-state index contributed by atoms with van der Waals surface area (Å²) in [6.07, 6.45) is -1.12. The summed E-state index contributed by atoms with van der Waals surface area (Å²) >= 11 is 0. The van der Waals surface area contributed by atoms with Crippen molar-refractivity contribution in [3.05, 3.63) is 30.3 Å². The zero-order valence-corrected chi connectivity index (χ0v) is 7.80. The smallest absolute Gasteiger partial charge is 0.412 e. The van der Waals surface area contributed by atoms with Crippen LogP contribution in [0.3, 0.4) is 0 Å². The van der Waals surface area contributed by atoms with Crippen LogP contribution in [0, 0.1) is 0 Å². The number of nitrogens with zero attached hydrogens (tertiary/aromatic N) is 1. The molecule has 74 valence electrons. The van der Waals surface area contributed by atoms with Crippen molar-refractivity contribution in [1.29, 1.82) is 0 Å². The van der Waals surface area contributed by atoms with Crippen LogP contribution in [0.2, 0.25) is 0 Å². The number of hydrogen-bond donors (Lipinski definition) is 1. The molecule has 0 aliphatic carbocycles. The molecule has 4 heteroatoms. The lowest BCUT2D eigenvalue weighted by Crippen LogP contribution is -2.33. The molecule has 0 unspecified atom stereocenters. The van der Waals surface area contributed by atoms with Crippen molar-refractivity contribution in [2.75, 3.05) is 11.4 Å². The Hall–Kier alpha value is -1.84. The Labute approximate surface area is 81.8 Å². The third-order valence-corrected chi connectivity index (χ3v) is 1.68. The lowest BCUT2D eigenvalue weighted by atomic mass is 10.3. The van der Waals surface area contributed by atoms with E-state index in [1.54, 1.807) is 30.3 Å². The number of carbonyl (C=O) groups is 2. The number of para-hydroxylation sites is 1. The molecule has 0 aliphatic heterocycles. The van der Waals surface area contributed by atoms with E-state index in [4.69, 9.17) is 5.11 Å². The van der Waals surface area contributed by atoms with Gasteiger partial charge in [-0.05, 0) is 19.1 Å². The molecule has 0 heterocycles. The molecule has 0 aliphatic rings. The van der Waals surface area contributed by atoms with Crippen LogP contribution in [0.5, 0.6) is 0 Å². The number of rotatable bonds is 3. The van der Waals surface area contributed by atoms with Crippen molar-refractivity contribution < 1.29 is 14.7 Å². The average Bonchev–Trinajstić information content (AvgIpc) is 2.15. The van der Waals surface area contributed by atoms with E-state index in [-0.39, 0.29) is 12.3 Å². The first kappa shape index (κ1) is 10.2. The summed E-state index contributed by atoms with van der Waals surface area (Å²) in [7, 11) is 0. The molecule has 0 fully saturated rings. The van der Waals surface area contributed by atoms with Gasteiger partial charge in [0, 0.05) is 5.69 Å². The predicted molar refractivity (Wildman–Crippen MR) is 52.5 cm³/mol. The molecule has 1 amide bonds. The number of carboxylic acid groups (broad SMARTS) is 1. The average molecular weight is 193 g/mol. The number of amides is 1. The maximum absolute atomic E-state index is 10.8. The highest BCUT2D eigenvalue weighted by molar-refractivity contribution is 5.93. The topological polar surface area (TPSA) is 57.6 Å². The van der Waals surface area contributed by atoms with Gasteiger partial charge in [-0.25, -0.2) is 4.79 Å². The second kappa shape index (κ2) is 4.41. The minimum atomic E-state index is -1.12. The second-order valence-electron chi connectivity index (χ2n) is 2.91. The van der Waals surface area contributed by atoms with E-state index in [2.05, 4.69) is 0 Å². The molecule has 1 N–H and O–H groups in total. The molecular weight excluding hydrogens is 182 g/mol. The Bertz CT molecular complexity index is 334. The number of carbonyl (C=O) groups excluding carboxylic acids is 1. The highest BCUT2D eigenvalue weighted by Gasteiger charge is 2.15. The summed E-state index contributed by atoms with van der Waals surface area (Å²) < 4.78 is 0. The van der Waals surface area contributed by atoms with Crippen molar-refractivity contribution in [2.45, 2.75) is 6.92 Å². The SMILES string of the molecule is CC(=O)CN(C(=O)O)c1ccccc1. The van der Waals surface area contributed by atoms with Crippen LogP contribution >= 0.6 is 0 Å².